The largest absolute Gasteiger partial charge is 0.310 e. The lowest BCUT2D eigenvalue weighted by Crippen LogP contribution is -2.29. The van der Waals surface area contributed by atoms with E-state index in [1.807, 2.05) is 24.3 Å². The van der Waals surface area contributed by atoms with Crippen molar-refractivity contribution in [3.8, 4) is 11.1 Å². The van der Waals surface area contributed by atoms with Gasteiger partial charge >= 0.3 is 0 Å². The van der Waals surface area contributed by atoms with E-state index in [1.54, 1.807) is 12.1 Å². The molecule has 0 atom stereocenters. The van der Waals surface area contributed by atoms with E-state index in [1.165, 1.54) is 61.2 Å². The SMILES string of the molecule is C=C/C=C\C1=C(C)C(c2ccccc2)(c2ccccc2)c2cc(N(c3ccc(F)cc3)c3ccc4c(c3)C(C)(C)c3ccccc3-4)cc(C)c21. The van der Waals surface area contributed by atoms with Crippen molar-refractivity contribution in [2.75, 3.05) is 4.90 Å². The summed E-state index contributed by atoms with van der Waals surface area (Å²) >= 11 is 0. The van der Waals surface area contributed by atoms with E-state index in [-0.39, 0.29) is 11.2 Å². The molecule has 2 heteroatoms. The summed E-state index contributed by atoms with van der Waals surface area (Å²) in [4.78, 5) is 2.29. The number of allylic oxidation sites excluding steroid dienone is 5. The van der Waals surface area contributed by atoms with Crippen LogP contribution in [0.3, 0.4) is 0 Å². The molecule has 0 aromatic heterocycles. The Labute approximate surface area is 295 Å². The average molecular weight is 650 g/mol. The molecule has 0 spiro atoms. The Bertz CT molecular complexity index is 2290. The molecule has 50 heavy (non-hydrogen) atoms. The highest BCUT2D eigenvalue weighted by Crippen LogP contribution is 2.57. The molecule has 0 saturated heterocycles. The van der Waals surface area contributed by atoms with Crippen molar-refractivity contribution in [1.29, 1.82) is 0 Å². The lowest BCUT2D eigenvalue weighted by atomic mass is 9.67. The molecule has 2 aliphatic rings. The molecular weight excluding hydrogens is 610 g/mol. The fraction of sp³-hybridized carbons (Fsp3) is 0.125. The van der Waals surface area contributed by atoms with Crippen molar-refractivity contribution >= 4 is 22.6 Å². The van der Waals surface area contributed by atoms with Gasteiger partial charge in [0, 0.05) is 22.5 Å². The first-order valence-corrected chi connectivity index (χ1v) is 17.3. The van der Waals surface area contributed by atoms with Crippen LogP contribution in [-0.4, -0.2) is 0 Å². The standard InChI is InChI=1S/C48H40FN/c1-6-7-20-40-33(3)48(34-16-10-8-11-17-34,35-18-12-9-13-19-35)45-31-39(29-32(2)46(40)45)50(37-25-23-36(49)24-26-37)38-27-28-42-41-21-14-15-22-43(41)47(4,5)44(42)30-38/h6-31H,1H2,2-5H3/b20-7-. The zero-order valence-corrected chi connectivity index (χ0v) is 29.0. The monoisotopic (exact) mass is 649 g/mol. The lowest BCUT2D eigenvalue weighted by molar-refractivity contribution is 0.628. The van der Waals surface area contributed by atoms with Gasteiger partial charge in [0.1, 0.15) is 5.82 Å². The van der Waals surface area contributed by atoms with Gasteiger partial charge in [-0.25, -0.2) is 4.39 Å². The van der Waals surface area contributed by atoms with Crippen molar-refractivity contribution < 1.29 is 4.39 Å². The van der Waals surface area contributed by atoms with Gasteiger partial charge in [0.2, 0.25) is 0 Å². The molecule has 244 valence electrons. The van der Waals surface area contributed by atoms with Crippen LogP contribution in [-0.2, 0) is 10.8 Å². The number of benzene rings is 6. The van der Waals surface area contributed by atoms with Gasteiger partial charge in [-0.15, -0.1) is 0 Å². The summed E-state index contributed by atoms with van der Waals surface area (Å²) in [6.45, 7) is 13.1. The summed E-state index contributed by atoms with van der Waals surface area (Å²) in [5, 5.41) is 0. The number of hydrogen-bond acceptors (Lipinski definition) is 1. The Morgan fingerprint density at radius 2 is 1.18 bits per heavy atom. The summed E-state index contributed by atoms with van der Waals surface area (Å²) in [5.74, 6) is -0.255. The number of hydrogen-bond donors (Lipinski definition) is 0. The molecule has 0 saturated carbocycles. The van der Waals surface area contributed by atoms with Crippen molar-refractivity contribution in [3.63, 3.8) is 0 Å². The van der Waals surface area contributed by atoms with E-state index >= 15 is 0 Å². The van der Waals surface area contributed by atoms with Gasteiger partial charge in [0.15, 0.2) is 0 Å². The first kappa shape index (κ1) is 31.5. The van der Waals surface area contributed by atoms with Crippen molar-refractivity contribution in [3.05, 3.63) is 215 Å². The number of rotatable bonds is 7. The second-order valence-electron chi connectivity index (χ2n) is 14.0. The molecular formula is C48H40FN. The highest BCUT2D eigenvalue weighted by Gasteiger charge is 2.46. The van der Waals surface area contributed by atoms with Crippen molar-refractivity contribution in [1.82, 2.24) is 0 Å². The molecule has 0 fully saturated rings. The van der Waals surface area contributed by atoms with E-state index < -0.39 is 5.41 Å². The van der Waals surface area contributed by atoms with E-state index in [0.717, 1.165) is 17.1 Å². The first-order chi connectivity index (χ1) is 24.3. The fourth-order valence-corrected chi connectivity index (χ4v) is 8.67. The molecule has 0 amide bonds. The first-order valence-electron chi connectivity index (χ1n) is 17.3. The molecule has 0 N–H and O–H groups in total. The Kier molecular flexibility index (Phi) is 7.57. The fourth-order valence-electron chi connectivity index (χ4n) is 8.67. The van der Waals surface area contributed by atoms with E-state index in [0.29, 0.717) is 0 Å². The topological polar surface area (TPSA) is 3.24 Å². The Morgan fingerprint density at radius 1 is 0.600 bits per heavy atom. The molecule has 2 aliphatic carbocycles. The second kappa shape index (κ2) is 12.0. The Hall–Kier alpha value is -5.73. The zero-order valence-electron chi connectivity index (χ0n) is 29.0. The van der Waals surface area contributed by atoms with Crippen LogP contribution in [0.4, 0.5) is 21.5 Å². The van der Waals surface area contributed by atoms with Crippen LogP contribution in [0.5, 0.6) is 0 Å². The van der Waals surface area contributed by atoms with Crippen LogP contribution in [0.25, 0.3) is 16.7 Å². The number of halogens is 1. The van der Waals surface area contributed by atoms with Crippen molar-refractivity contribution in [2.24, 2.45) is 0 Å². The van der Waals surface area contributed by atoms with Gasteiger partial charge in [-0.2, -0.15) is 0 Å². The van der Waals surface area contributed by atoms with Crippen molar-refractivity contribution in [2.45, 2.75) is 38.5 Å². The van der Waals surface area contributed by atoms with Gasteiger partial charge in [-0.05, 0) is 124 Å². The quantitative estimate of drug-likeness (QED) is 0.156. The van der Waals surface area contributed by atoms with Gasteiger partial charge in [-0.3, -0.25) is 0 Å². The van der Waals surface area contributed by atoms with E-state index in [4.69, 9.17) is 0 Å². The summed E-state index contributed by atoms with van der Waals surface area (Å²) in [7, 11) is 0. The molecule has 0 aliphatic heterocycles. The Balaban J connectivity index is 1.42. The van der Waals surface area contributed by atoms with Crippen LogP contribution >= 0.6 is 0 Å². The number of fused-ring (bicyclic) bond motifs is 4. The maximum atomic E-state index is 14.5. The number of aryl methyl sites for hydroxylation is 1. The zero-order chi connectivity index (χ0) is 34.6. The van der Waals surface area contributed by atoms with Gasteiger partial charge in [0.25, 0.3) is 0 Å². The minimum Gasteiger partial charge on any atom is -0.310 e. The van der Waals surface area contributed by atoms with E-state index in [2.05, 4.69) is 161 Å². The van der Waals surface area contributed by atoms with Crippen LogP contribution < -0.4 is 4.90 Å². The van der Waals surface area contributed by atoms with Crippen LogP contribution in [0.2, 0.25) is 0 Å². The number of anilines is 3. The molecule has 0 heterocycles. The maximum Gasteiger partial charge on any atom is 0.123 e. The third-order valence-electron chi connectivity index (χ3n) is 10.9. The third-order valence-corrected chi connectivity index (χ3v) is 10.9. The molecule has 1 nitrogen and oxygen atoms in total. The normalized spacial score (nSPS) is 15.1. The maximum absolute atomic E-state index is 14.5. The van der Waals surface area contributed by atoms with Gasteiger partial charge in [0.05, 0.1) is 5.41 Å². The minimum absolute atomic E-state index is 0.159. The van der Waals surface area contributed by atoms with E-state index in [9.17, 15) is 4.39 Å². The second-order valence-corrected chi connectivity index (χ2v) is 14.0. The summed E-state index contributed by atoms with van der Waals surface area (Å²) < 4.78 is 14.5. The highest BCUT2D eigenvalue weighted by molar-refractivity contribution is 5.94. The summed E-state index contributed by atoms with van der Waals surface area (Å²) in [5.41, 5.74) is 16.0. The van der Waals surface area contributed by atoms with Crippen LogP contribution in [0.1, 0.15) is 59.7 Å². The molecule has 6 aromatic rings. The molecule has 0 radical (unpaired) electrons. The van der Waals surface area contributed by atoms with Gasteiger partial charge < -0.3 is 4.90 Å². The van der Waals surface area contributed by atoms with Crippen LogP contribution in [0, 0.1) is 12.7 Å². The average Bonchev–Trinajstić information content (AvgIpc) is 3.53. The molecule has 8 rings (SSSR count). The van der Waals surface area contributed by atoms with Crippen LogP contribution in [0.15, 0.2) is 170 Å². The number of nitrogens with zero attached hydrogens (tertiary/aromatic N) is 1. The third kappa shape index (κ3) is 4.66. The smallest absolute Gasteiger partial charge is 0.123 e. The summed E-state index contributed by atoms with van der Waals surface area (Å²) in [6, 6.07) is 48.8. The predicted octanol–water partition coefficient (Wildman–Crippen LogP) is 12.8. The molecule has 0 bridgehead atoms. The Morgan fingerprint density at radius 3 is 1.84 bits per heavy atom. The minimum atomic E-state index is -0.532. The lowest BCUT2D eigenvalue weighted by Gasteiger charge is -2.36. The van der Waals surface area contributed by atoms with Gasteiger partial charge in [-0.1, -0.05) is 130 Å². The highest BCUT2D eigenvalue weighted by atomic mass is 19.1. The molecule has 0 unspecified atom stereocenters. The molecule has 6 aromatic carbocycles. The summed E-state index contributed by atoms with van der Waals surface area (Å²) in [6.07, 6.45) is 6.09. The predicted molar refractivity (Wildman–Crippen MR) is 208 cm³/mol.